The Bertz CT molecular complexity index is 268. The standard InChI is InChI=1S/C12H22N4O/c1-11(10-16-6-2-3-7-16)8-14-9-12(17)15-5-4-13/h11,14H,2-3,5-10H2,1H3,(H,15,17). The highest BCUT2D eigenvalue weighted by molar-refractivity contribution is 5.78. The molecule has 0 aliphatic carbocycles. The van der Waals surface area contributed by atoms with E-state index in [0.29, 0.717) is 12.5 Å². The molecule has 1 fully saturated rings. The molecule has 1 aliphatic heterocycles. The van der Waals surface area contributed by atoms with E-state index in [4.69, 9.17) is 5.26 Å². The number of nitrogens with zero attached hydrogens (tertiary/aromatic N) is 2. The fourth-order valence-electron chi connectivity index (χ4n) is 2.10. The van der Waals surface area contributed by atoms with E-state index in [1.54, 1.807) is 0 Å². The topological polar surface area (TPSA) is 68.2 Å². The van der Waals surface area contributed by atoms with E-state index < -0.39 is 0 Å². The van der Waals surface area contributed by atoms with Crippen molar-refractivity contribution < 1.29 is 4.79 Å². The normalized spacial score (nSPS) is 17.6. The van der Waals surface area contributed by atoms with Crippen molar-refractivity contribution in [3.05, 3.63) is 0 Å². The largest absolute Gasteiger partial charge is 0.342 e. The van der Waals surface area contributed by atoms with E-state index >= 15 is 0 Å². The Balaban J connectivity index is 2.01. The minimum absolute atomic E-state index is 0.0871. The summed E-state index contributed by atoms with van der Waals surface area (Å²) in [7, 11) is 0. The lowest BCUT2D eigenvalue weighted by atomic mass is 10.1. The van der Waals surface area contributed by atoms with E-state index in [-0.39, 0.29) is 12.5 Å². The highest BCUT2D eigenvalue weighted by Gasteiger charge is 2.14. The van der Waals surface area contributed by atoms with Crippen LogP contribution in [0.25, 0.3) is 0 Å². The van der Waals surface area contributed by atoms with Crippen LogP contribution in [0.15, 0.2) is 0 Å². The Morgan fingerprint density at radius 2 is 2.18 bits per heavy atom. The van der Waals surface area contributed by atoms with E-state index in [2.05, 4.69) is 22.5 Å². The maximum absolute atomic E-state index is 11.2. The molecule has 0 aromatic carbocycles. The van der Waals surface area contributed by atoms with Crippen LogP contribution < -0.4 is 10.6 Å². The smallest absolute Gasteiger partial charge is 0.234 e. The first-order valence-electron chi connectivity index (χ1n) is 6.29. The molecule has 5 nitrogen and oxygen atoms in total. The van der Waals surface area contributed by atoms with Crippen molar-refractivity contribution in [3.8, 4) is 6.07 Å². The van der Waals surface area contributed by atoms with Crippen LogP contribution in [0.1, 0.15) is 19.8 Å². The molecule has 2 N–H and O–H groups in total. The molecule has 1 aliphatic rings. The number of carbonyl (C=O) groups excluding carboxylic acids is 1. The van der Waals surface area contributed by atoms with Crippen LogP contribution in [0.3, 0.4) is 0 Å². The predicted molar refractivity (Wildman–Crippen MR) is 66.3 cm³/mol. The Hall–Kier alpha value is -1.12. The molecule has 1 amide bonds. The minimum Gasteiger partial charge on any atom is -0.342 e. The van der Waals surface area contributed by atoms with Gasteiger partial charge >= 0.3 is 0 Å². The SMILES string of the molecule is CC(CNCC(=O)NCC#N)CN1CCCC1. The first-order chi connectivity index (χ1) is 8.22. The van der Waals surface area contributed by atoms with Gasteiger partial charge in [0.1, 0.15) is 6.54 Å². The van der Waals surface area contributed by atoms with E-state index in [9.17, 15) is 4.79 Å². The zero-order valence-electron chi connectivity index (χ0n) is 10.5. The van der Waals surface area contributed by atoms with Gasteiger partial charge < -0.3 is 15.5 Å². The van der Waals surface area contributed by atoms with Gasteiger partial charge in [0.25, 0.3) is 0 Å². The second-order valence-electron chi connectivity index (χ2n) is 4.68. The quantitative estimate of drug-likeness (QED) is 0.610. The number of likely N-dealkylation sites (tertiary alicyclic amines) is 1. The number of rotatable bonds is 7. The lowest BCUT2D eigenvalue weighted by Gasteiger charge is -2.20. The molecule has 1 atom stereocenters. The van der Waals surface area contributed by atoms with Crippen molar-refractivity contribution in [2.45, 2.75) is 19.8 Å². The third-order valence-corrected chi connectivity index (χ3v) is 2.91. The predicted octanol–water partition coefficient (Wildman–Crippen LogP) is -0.0523. The zero-order chi connectivity index (χ0) is 12.5. The maximum Gasteiger partial charge on any atom is 0.234 e. The summed E-state index contributed by atoms with van der Waals surface area (Å²) in [4.78, 5) is 13.7. The van der Waals surface area contributed by atoms with Crippen molar-refractivity contribution in [1.82, 2.24) is 15.5 Å². The third-order valence-electron chi connectivity index (χ3n) is 2.91. The summed E-state index contributed by atoms with van der Waals surface area (Å²) >= 11 is 0. The molecular weight excluding hydrogens is 216 g/mol. The number of hydrogen-bond acceptors (Lipinski definition) is 4. The summed E-state index contributed by atoms with van der Waals surface area (Å²) in [5, 5.41) is 13.9. The van der Waals surface area contributed by atoms with Crippen LogP contribution in [0.5, 0.6) is 0 Å². The van der Waals surface area contributed by atoms with Gasteiger partial charge in [-0.2, -0.15) is 5.26 Å². The minimum atomic E-state index is -0.111. The van der Waals surface area contributed by atoms with Gasteiger partial charge in [-0.25, -0.2) is 0 Å². The van der Waals surface area contributed by atoms with Crippen LogP contribution in [-0.2, 0) is 4.79 Å². The molecule has 17 heavy (non-hydrogen) atoms. The number of nitrogens with one attached hydrogen (secondary N) is 2. The van der Waals surface area contributed by atoms with Gasteiger partial charge in [-0.1, -0.05) is 6.92 Å². The van der Waals surface area contributed by atoms with Gasteiger partial charge in [-0.15, -0.1) is 0 Å². The van der Waals surface area contributed by atoms with Gasteiger partial charge in [-0.05, 0) is 38.4 Å². The van der Waals surface area contributed by atoms with Crippen LogP contribution in [-0.4, -0.2) is 50.1 Å². The molecule has 0 aromatic heterocycles. The van der Waals surface area contributed by atoms with Gasteiger partial charge in [-0.3, -0.25) is 4.79 Å². The lowest BCUT2D eigenvalue weighted by Crippen LogP contribution is -2.38. The molecular formula is C12H22N4O. The summed E-state index contributed by atoms with van der Waals surface area (Å²) < 4.78 is 0. The third kappa shape index (κ3) is 6.25. The summed E-state index contributed by atoms with van der Waals surface area (Å²) in [5.41, 5.74) is 0. The first kappa shape index (κ1) is 13.9. The summed E-state index contributed by atoms with van der Waals surface area (Å²) in [6.45, 7) is 6.96. The molecule has 1 saturated heterocycles. The lowest BCUT2D eigenvalue weighted by molar-refractivity contribution is -0.120. The van der Waals surface area contributed by atoms with Crippen LogP contribution in [0.2, 0.25) is 0 Å². The first-order valence-corrected chi connectivity index (χ1v) is 6.29. The molecule has 1 heterocycles. The summed E-state index contributed by atoms with van der Waals surface area (Å²) in [5.74, 6) is 0.441. The highest BCUT2D eigenvalue weighted by atomic mass is 16.1. The molecule has 5 heteroatoms. The van der Waals surface area contributed by atoms with E-state index in [0.717, 1.165) is 13.1 Å². The van der Waals surface area contributed by atoms with Crippen molar-refractivity contribution in [1.29, 1.82) is 5.26 Å². The molecule has 0 bridgehead atoms. The maximum atomic E-state index is 11.2. The summed E-state index contributed by atoms with van der Waals surface area (Å²) in [6, 6.07) is 1.88. The molecule has 1 rings (SSSR count). The monoisotopic (exact) mass is 238 g/mol. The fourth-order valence-corrected chi connectivity index (χ4v) is 2.10. The average Bonchev–Trinajstić information content (AvgIpc) is 2.79. The van der Waals surface area contributed by atoms with Crippen molar-refractivity contribution in [2.75, 3.05) is 39.3 Å². The molecule has 0 aromatic rings. The van der Waals surface area contributed by atoms with Crippen LogP contribution in [0.4, 0.5) is 0 Å². The Morgan fingerprint density at radius 1 is 1.47 bits per heavy atom. The van der Waals surface area contributed by atoms with Gasteiger partial charge in [0.05, 0.1) is 12.6 Å². The van der Waals surface area contributed by atoms with E-state index in [1.165, 1.54) is 25.9 Å². The molecule has 96 valence electrons. The van der Waals surface area contributed by atoms with Crippen molar-refractivity contribution in [2.24, 2.45) is 5.92 Å². The van der Waals surface area contributed by atoms with Crippen molar-refractivity contribution >= 4 is 5.91 Å². The Morgan fingerprint density at radius 3 is 2.82 bits per heavy atom. The Kier molecular flexibility index (Phi) is 6.60. The Labute approximate surface area is 103 Å². The second-order valence-corrected chi connectivity index (χ2v) is 4.68. The molecule has 0 radical (unpaired) electrons. The highest BCUT2D eigenvalue weighted by Crippen LogP contribution is 2.09. The fraction of sp³-hybridized carbons (Fsp3) is 0.833. The zero-order valence-corrected chi connectivity index (χ0v) is 10.5. The number of nitriles is 1. The van der Waals surface area contributed by atoms with Crippen LogP contribution >= 0.6 is 0 Å². The van der Waals surface area contributed by atoms with Gasteiger partial charge in [0.15, 0.2) is 0 Å². The van der Waals surface area contributed by atoms with E-state index in [1.807, 2.05) is 6.07 Å². The van der Waals surface area contributed by atoms with Gasteiger partial charge in [0.2, 0.25) is 5.91 Å². The molecule has 0 saturated carbocycles. The number of amides is 1. The summed E-state index contributed by atoms with van der Waals surface area (Å²) in [6.07, 6.45) is 2.63. The van der Waals surface area contributed by atoms with Gasteiger partial charge in [0, 0.05) is 6.54 Å². The number of hydrogen-bond donors (Lipinski definition) is 2. The second kappa shape index (κ2) is 8.04. The van der Waals surface area contributed by atoms with Crippen LogP contribution in [0, 0.1) is 17.2 Å². The molecule has 1 unspecified atom stereocenters. The average molecular weight is 238 g/mol. The molecule has 0 spiro atoms. The van der Waals surface area contributed by atoms with Crippen molar-refractivity contribution in [3.63, 3.8) is 0 Å². The number of carbonyl (C=O) groups is 1.